The Morgan fingerprint density at radius 3 is 2.14 bits per heavy atom. The van der Waals surface area contributed by atoms with E-state index in [9.17, 15) is 9.59 Å². The first kappa shape index (κ1) is 19.9. The summed E-state index contributed by atoms with van der Waals surface area (Å²) in [4.78, 5) is 29.3. The summed E-state index contributed by atoms with van der Waals surface area (Å²) in [6.07, 6.45) is 1.39. The molecule has 1 fully saturated rings. The van der Waals surface area contributed by atoms with Gasteiger partial charge in [0.15, 0.2) is 0 Å². The molecule has 1 aliphatic heterocycles. The van der Waals surface area contributed by atoms with Crippen LogP contribution in [0.5, 0.6) is 0 Å². The maximum absolute atomic E-state index is 12.6. The van der Waals surface area contributed by atoms with E-state index in [1.165, 1.54) is 0 Å². The van der Waals surface area contributed by atoms with Crippen LogP contribution in [-0.4, -0.2) is 42.9 Å². The Kier molecular flexibility index (Phi) is 6.69. The van der Waals surface area contributed by atoms with Gasteiger partial charge >= 0.3 is 0 Å². The zero-order valence-corrected chi connectivity index (χ0v) is 16.7. The number of carbonyl (C=O) groups excluding carboxylic acids is 2. The van der Waals surface area contributed by atoms with Crippen LogP contribution in [0.25, 0.3) is 0 Å². The largest absolute Gasteiger partial charge is 0.372 e. The molecular weight excluding hydrogens is 350 g/mol. The lowest BCUT2D eigenvalue weighted by Crippen LogP contribution is -2.41. The summed E-state index contributed by atoms with van der Waals surface area (Å²) >= 11 is 0. The molecule has 0 radical (unpaired) electrons. The van der Waals surface area contributed by atoms with Gasteiger partial charge in [0, 0.05) is 49.0 Å². The number of anilines is 2. The van der Waals surface area contributed by atoms with Crippen molar-refractivity contribution >= 4 is 23.2 Å². The van der Waals surface area contributed by atoms with Crippen molar-refractivity contribution in [2.24, 2.45) is 5.92 Å². The number of amides is 2. The molecule has 0 atom stereocenters. The molecule has 148 valence electrons. The van der Waals surface area contributed by atoms with E-state index >= 15 is 0 Å². The first-order valence-electron chi connectivity index (χ1n) is 10.1. The quantitative estimate of drug-likeness (QED) is 0.825. The van der Waals surface area contributed by atoms with Gasteiger partial charge in [0.05, 0.1) is 0 Å². The van der Waals surface area contributed by atoms with Crippen LogP contribution in [0.2, 0.25) is 0 Å². The van der Waals surface area contributed by atoms with Gasteiger partial charge in [0.2, 0.25) is 5.91 Å². The van der Waals surface area contributed by atoms with Crippen LogP contribution < -0.4 is 10.2 Å². The number of hydrogen-bond donors (Lipinski definition) is 1. The molecule has 1 saturated heterocycles. The number of piperidine rings is 1. The molecule has 2 aromatic carbocycles. The molecule has 2 amide bonds. The molecule has 0 spiro atoms. The van der Waals surface area contributed by atoms with Gasteiger partial charge in [-0.15, -0.1) is 0 Å². The topological polar surface area (TPSA) is 52.7 Å². The highest BCUT2D eigenvalue weighted by molar-refractivity contribution is 5.95. The second kappa shape index (κ2) is 9.40. The zero-order chi connectivity index (χ0) is 19.9. The van der Waals surface area contributed by atoms with Gasteiger partial charge in [-0.3, -0.25) is 9.59 Å². The predicted molar refractivity (Wildman–Crippen MR) is 114 cm³/mol. The van der Waals surface area contributed by atoms with E-state index in [2.05, 4.69) is 24.1 Å². The maximum atomic E-state index is 12.6. The van der Waals surface area contributed by atoms with Crippen molar-refractivity contribution in [3.05, 3.63) is 60.2 Å². The highest BCUT2D eigenvalue weighted by Crippen LogP contribution is 2.22. The highest BCUT2D eigenvalue weighted by Gasteiger charge is 2.27. The molecule has 1 aliphatic rings. The van der Waals surface area contributed by atoms with E-state index in [1.807, 2.05) is 59.5 Å². The Morgan fingerprint density at radius 2 is 1.57 bits per heavy atom. The number of nitrogens with zero attached hydrogens (tertiary/aromatic N) is 2. The molecular formula is C23H29N3O2. The third kappa shape index (κ3) is 4.71. The third-order valence-electron chi connectivity index (χ3n) is 5.44. The minimum Gasteiger partial charge on any atom is -0.372 e. The average Bonchev–Trinajstić information content (AvgIpc) is 2.76. The van der Waals surface area contributed by atoms with Crippen LogP contribution in [0.1, 0.15) is 37.0 Å². The van der Waals surface area contributed by atoms with Crippen LogP contribution in [0.3, 0.4) is 0 Å². The van der Waals surface area contributed by atoms with Gasteiger partial charge in [-0.1, -0.05) is 18.2 Å². The fraction of sp³-hybridized carbons (Fsp3) is 0.391. The Balaban J connectivity index is 1.52. The van der Waals surface area contributed by atoms with Crippen molar-refractivity contribution in [2.75, 3.05) is 36.4 Å². The van der Waals surface area contributed by atoms with Crippen LogP contribution in [0, 0.1) is 5.92 Å². The zero-order valence-electron chi connectivity index (χ0n) is 16.7. The maximum Gasteiger partial charge on any atom is 0.253 e. The van der Waals surface area contributed by atoms with Crippen LogP contribution in [-0.2, 0) is 4.79 Å². The van der Waals surface area contributed by atoms with Crippen molar-refractivity contribution < 1.29 is 9.59 Å². The number of benzene rings is 2. The van der Waals surface area contributed by atoms with E-state index in [-0.39, 0.29) is 17.7 Å². The fourth-order valence-electron chi connectivity index (χ4n) is 3.70. The van der Waals surface area contributed by atoms with Crippen molar-refractivity contribution in [2.45, 2.75) is 26.7 Å². The summed E-state index contributed by atoms with van der Waals surface area (Å²) in [7, 11) is 0. The van der Waals surface area contributed by atoms with Crippen LogP contribution in [0.4, 0.5) is 11.4 Å². The molecule has 5 heteroatoms. The van der Waals surface area contributed by atoms with E-state index in [0.717, 1.165) is 24.5 Å². The van der Waals surface area contributed by atoms with Gasteiger partial charge in [0.25, 0.3) is 5.91 Å². The summed E-state index contributed by atoms with van der Waals surface area (Å²) in [5.74, 6) is 0.0381. The lowest BCUT2D eigenvalue weighted by molar-refractivity contribution is -0.121. The van der Waals surface area contributed by atoms with Crippen molar-refractivity contribution in [3.8, 4) is 0 Å². The second-order valence-corrected chi connectivity index (χ2v) is 7.14. The molecule has 0 saturated carbocycles. The molecule has 0 bridgehead atoms. The first-order chi connectivity index (χ1) is 13.6. The summed E-state index contributed by atoms with van der Waals surface area (Å²) in [5, 5.41) is 3.03. The SMILES string of the molecule is CCN(CC)c1ccc(NC(=O)C2CCN(C(=O)c3ccccc3)CC2)cc1. The van der Waals surface area contributed by atoms with Crippen LogP contribution in [0.15, 0.2) is 54.6 Å². The summed E-state index contributed by atoms with van der Waals surface area (Å²) in [6, 6.07) is 17.3. The number of hydrogen-bond acceptors (Lipinski definition) is 3. The highest BCUT2D eigenvalue weighted by atomic mass is 16.2. The van der Waals surface area contributed by atoms with Gasteiger partial charge in [-0.05, 0) is 63.1 Å². The fourth-order valence-corrected chi connectivity index (χ4v) is 3.70. The number of likely N-dealkylation sites (tertiary alicyclic amines) is 1. The van der Waals surface area contributed by atoms with Gasteiger partial charge < -0.3 is 15.1 Å². The number of nitrogens with one attached hydrogen (secondary N) is 1. The Morgan fingerprint density at radius 1 is 0.964 bits per heavy atom. The molecule has 2 aromatic rings. The Bertz CT molecular complexity index is 777. The van der Waals surface area contributed by atoms with Crippen molar-refractivity contribution in [1.29, 1.82) is 0 Å². The van der Waals surface area contributed by atoms with Gasteiger partial charge in [-0.2, -0.15) is 0 Å². The molecule has 28 heavy (non-hydrogen) atoms. The summed E-state index contributed by atoms with van der Waals surface area (Å²) in [5.41, 5.74) is 2.69. The minimum atomic E-state index is -0.0534. The lowest BCUT2D eigenvalue weighted by atomic mass is 9.95. The Labute approximate surface area is 167 Å². The van der Waals surface area contributed by atoms with Crippen molar-refractivity contribution in [3.63, 3.8) is 0 Å². The summed E-state index contributed by atoms with van der Waals surface area (Å²) < 4.78 is 0. The predicted octanol–water partition coefficient (Wildman–Crippen LogP) is 4.02. The van der Waals surface area contributed by atoms with E-state index < -0.39 is 0 Å². The molecule has 3 rings (SSSR count). The lowest BCUT2D eigenvalue weighted by Gasteiger charge is -2.31. The number of rotatable bonds is 6. The minimum absolute atomic E-state index is 0.0439. The van der Waals surface area contributed by atoms with E-state index in [0.29, 0.717) is 31.5 Å². The normalized spacial score (nSPS) is 14.6. The molecule has 0 aliphatic carbocycles. The monoisotopic (exact) mass is 379 g/mol. The molecule has 5 nitrogen and oxygen atoms in total. The number of carbonyl (C=O) groups is 2. The van der Waals surface area contributed by atoms with E-state index in [1.54, 1.807) is 0 Å². The smallest absolute Gasteiger partial charge is 0.253 e. The standard InChI is InChI=1S/C23H29N3O2/c1-3-25(4-2)21-12-10-20(11-13-21)24-22(27)18-14-16-26(17-15-18)23(28)19-8-6-5-7-9-19/h5-13,18H,3-4,14-17H2,1-2H3,(H,24,27). The van der Waals surface area contributed by atoms with Gasteiger partial charge in [0.1, 0.15) is 0 Å². The Hall–Kier alpha value is -2.82. The second-order valence-electron chi connectivity index (χ2n) is 7.14. The molecule has 1 N–H and O–H groups in total. The summed E-state index contributed by atoms with van der Waals surface area (Å²) in [6.45, 7) is 7.42. The average molecular weight is 380 g/mol. The molecule has 0 unspecified atom stereocenters. The van der Waals surface area contributed by atoms with E-state index in [4.69, 9.17) is 0 Å². The van der Waals surface area contributed by atoms with Gasteiger partial charge in [-0.25, -0.2) is 0 Å². The molecule has 1 heterocycles. The van der Waals surface area contributed by atoms with Crippen LogP contribution >= 0.6 is 0 Å². The third-order valence-corrected chi connectivity index (χ3v) is 5.44. The first-order valence-corrected chi connectivity index (χ1v) is 10.1. The van der Waals surface area contributed by atoms with Crippen molar-refractivity contribution in [1.82, 2.24) is 4.90 Å². The molecule has 0 aromatic heterocycles.